The van der Waals surface area contributed by atoms with Crippen LogP contribution in [-0.2, 0) is 14.4 Å². The number of hydrogen-bond acceptors (Lipinski definition) is 4. The van der Waals surface area contributed by atoms with Gasteiger partial charge in [0.05, 0.1) is 11.8 Å². The fourth-order valence-electron chi connectivity index (χ4n) is 5.81. The maximum absolute atomic E-state index is 13.0. The van der Waals surface area contributed by atoms with Gasteiger partial charge < -0.3 is 4.74 Å². The molecule has 3 fully saturated rings. The molecule has 5 heteroatoms. The van der Waals surface area contributed by atoms with Crippen LogP contribution in [0.15, 0.2) is 66.7 Å². The average Bonchev–Trinajstić information content (AvgIpc) is 3.56. The zero-order chi connectivity index (χ0) is 20.4. The second-order valence-corrected chi connectivity index (χ2v) is 8.78. The van der Waals surface area contributed by atoms with Gasteiger partial charge >= 0.3 is 5.97 Å². The zero-order valence-corrected chi connectivity index (χ0v) is 16.3. The summed E-state index contributed by atoms with van der Waals surface area (Å²) in [4.78, 5) is 39.5. The Morgan fingerprint density at radius 2 is 1.40 bits per heavy atom. The van der Waals surface area contributed by atoms with E-state index in [1.54, 1.807) is 12.1 Å². The van der Waals surface area contributed by atoms with Crippen molar-refractivity contribution >= 4 is 17.8 Å². The first-order valence-corrected chi connectivity index (χ1v) is 10.5. The molecule has 5 aliphatic rings. The summed E-state index contributed by atoms with van der Waals surface area (Å²) < 4.78 is 5.42. The number of carbonyl (C=O) groups excluding carboxylic acids is 3. The predicted octanol–water partition coefficient (Wildman–Crippen LogP) is 3.31. The Morgan fingerprint density at radius 1 is 0.833 bits per heavy atom. The van der Waals surface area contributed by atoms with Crippen molar-refractivity contribution in [1.82, 2.24) is 4.90 Å². The number of carbonyl (C=O) groups is 3. The molecule has 0 radical (unpaired) electrons. The number of rotatable bonds is 4. The van der Waals surface area contributed by atoms with Crippen molar-refractivity contribution < 1.29 is 19.1 Å². The normalized spacial score (nSPS) is 32.7. The SMILES string of the molecule is O=C(CN1C(=O)[C@@H]2[C@@H]3C=C[C@@H]([C@@H]4C[C@H]34)[C@@H]2C1=O)Oc1ccc(-c2ccccc2)cc1. The molecule has 2 aromatic carbocycles. The maximum Gasteiger partial charge on any atom is 0.331 e. The van der Waals surface area contributed by atoms with Crippen LogP contribution in [0.5, 0.6) is 5.75 Å². The van der Waals surface area contributed by atoms with Crippen LogP contribution in [0, 0.1) is 35.5 Å². The standard InChI is InChI=1S/C25H21NO4/c27-21(30-16-8-6-15(7-9-16)14-4-2-1-3-5-14)13-26-24(28)22-17-10-11-18(20-12-19(17)20)23(22)25(26)29/h1-11,17-20,22-23H,12-13H2/t17-,18+,19-,20+,22-,23+. The number of ether oxygens (including phenoxy) is 1. The number of benzene rings is 2. The zero-order valence-electron chi connectivity index (χ0n) is 16.3. The van der Waals surface area contributed by atoms with E-state index in [2.05, 4.69) is 12.2 Å². The Balaban J connectivity index is 1.14. The third-order valence-electron chi connectivity index (χ3n) is 7.23. The summed E-state index contributed by atoms with van der Waals surface area (Å²) in [6, 6.07) is 17.1. The Kier molecular flexibility index (Phi) is 3.76. The minimum absolute atomic E-state index is 0.160. The van der Waals surface area contributed by atoms with Crippen LogP contribution in [0.25, 0.3) is 11.1 Å². The van der Waals surface area contributed by atoms with Gasteiger partial charge in [-0.3, -0.25) is 14.5 Å². The number of esters is 1. The molecule has 0 N–H and O–H groups in total. The third-order valence-corrected chi connectivity index (χ3v) is 7.23. The summed E-state index contributed by atoms with van der Waals surface area (Å²) in [7, 11) is 0. The highest BCUT2D eigenvalue weighted by atomic mass is 16.5. The summed E-state index contributed by atoms with van der Waals surface area (Å²) in [5, 5.41) is 0. The fourth-order valence-corrected chi connectivity index (χ4v) is 5.81. The molecule has 0 unspecified atom stereocenters. The second kappa shape index (κ2) is 6.39. The fraction of sp³-hybridized carbons (Fsp3) is 0.320. The topological polar surface area (TPSA) is 63.7 Å². The second-order valence-electron chi connectivity index (χ2n) is 8.78. The Bertz CT molecular complexity index is 1040. The Labute approximate surface area is 174 Å². The summed E-state index contributed by atoms with van der Waals surface area (Å²) in [5.74, 6) is 0.259. The summed E-state index contributed by atoms with van der Waals surface area (Å²) in [6.07, 6.45) is 5.37. The van der Waals surface area contributed by atoms with Crippen LogP contribution in [0.4, 0.5) is 0 Å². The molecular formula is C25H21NO4. The van der Waals surface area contributed by atoms with Crippen molar-refractivity contribution in [2.75, 3.05) is 6.54 Å². The summed E-state index contributed by atoms with van der Waals surface area (Å²) >= 11 is 0. The van der Waals surface area contributed by atoms with E-state index in [1.165, 1.54) is 0 Å². The van der Waals surface area contributed by atoms with Crippen molar-refractivity contribution in [2.45, 2.75) is 6.42 Å². The van der Waals surface area contributed by atoms with Gasteiger partial charge in [-0.05, 0) is 53.4 Å². The lowest BCUT2D eigenvalue weighted by Crippen LogP contribution is -2.40. The quantitative estimate of drug-likeness (QED) is 0.342. The number of nitrogens with zero attached hydrogens (tertiary/aromatic N) is 1. The van der Waals surface area contributed by atoms with Gasteiger partial charge in [0.1, 0.15) is 12.3 Å². The molecule has 1 aliphatic heterocycles. The molecule has 2 amide bonds. The molecule has 4 aliphatic carbocycles. The first kappa shape index (κ1) is 17.6. The molecule has 0 spiro atoms. The van der Waals surface area contributed by atoms with Gasteiger partial charge in [-0.1, -0.05) is 54.6 Å². The molecular weight excluding hydrogens is 378 g/mol. The van der Waals surface area contributed by atoms with Crippen molar-refractivity contribution in [3.05, 3.63) is 66.7 Å². The van der Waals surface area contributed by atoms with E-state index in [4.69, 9.17) is 4.74 Å². The number of likely N-dealkylation sites (tertiary alicyclic amines) is 1. The van der Waals surface area contributed by atoms with Crippen LogP contribution in [-0.4, -0.2) is 29.2 Å². The van der Waals surface area contributed by atoms with Crippen LogP contribution in [0.2, 0.25) is 0 Å². The van der Waals surface area contributed by atoms with E-state index in [-0.39, 0.29) is 42.0 Å². The molecule has 2 bridgehead atoms. The average molecular weight is 399 g/mol. The molecule has 1 saturated heterocycles. The van der Waals surface area contributed by atoms with E-state index < -0.39 is 5.97 Å². The smallest absolute Gasteiger partial charge is 0.331 e. The largest absolute Gasteiger partial charge is 0.425 e. The molecule has 1 heterocycles. The van der Waals surface area contributed by atoms with Crippen molar-refractivity contribution in [1.29, 1.82) is 0 Å². The molecule has 2 saturated carbocycles. The van der Waals surface area contributed by atoms with Crippen molar-refractivity contribution in [3.63, 3.8) is 0 Å². The monoisotopic (exact) mass is 399 g/mol. The van der Waals surface area contributed by atoms with Gasteiger partial charge in [-0.15, -0.1) is 0 Å². The minimum Gasteiger partial charge on any atom is -0.425 e. The molecule has 5 nitrogen and oxygen atoms in total. The number of allylic oxidation sites excluding steroid dienone is 2. The van der Waals surface area contributed by atoms with Gasteiger partial charge in [0.2, 0.25) is 11.8 Å². The first-order valence-electron chi connectivity index (χ1n) is 10.5. The van der Waals surface area contributed by atoms with Crippen LogP contribution < -0.4 is 4.74 Å². The molecule has 2 aromatic rings. The lowest BCUT2D eigenvalue weighted by Gasteiger charge is -2.37. The Morgan fingerprint density at radius 3 is 2.00 bits per heavy atom. The van der Waals surface area contributed by atoms with Crippen LogP contribution >= 0.6 is 0 Å². The highest BCUT2D eigenvalue weighted by Crippen LogP contribution is 2.65. The first-order chi connectivity index (χ1) is 14.6. The van der Waals surface area contributed by atoms with E-state index in [1.807, 2.05) is 42.5 Å². The minimum atomic E-state index is -0.590. The van der Waals surface area contributed by atoms with Gasteiger partial charge in [-0.25, -0.2) is 4.79 Å². The van der Waals surface area contributed by atoms with E-state index in [0.29, 0.717) is 17.6 Å². The molecule has 0 aromatic heterocycles. The number of imide groups is 1. The van der Waals surface area contributed by atoms with Gasteiger partial charge in [0, 0.05) is 0 Å². The third kappa shape index (κ3) is 2.58. The summed E-state index contributed by atoms with van der Waals surface area (Å²) in [6.45, 7) is -0.320. The summed E-state index contributed by atoms with van der Waals surface area (Å²) in [5.41, 5.74) is 2.10. The predicted molar refractivity (Wildman–Crippen MR) is 109 cm³/mol. The van der Waals surface area contributed by atoms with Crippen molar-refractivity contribution in [3.8, 4) is 16.9 Å². The highest BCUT2D eigenvalue weighted by molar-refractivity contribution is 6.08. The van der Waals surface area contributed by atoms with Crippen molar-refractivity contribution in [2.24, 2.45) is 35.5 Å². The Hall–Kier alpha value is -3.21. The number of hydrogen-bond donors (Lipinski definition) is 0. The van der Waals surface area contributed by atoms with E-state index in [0.717, 1.165) is 22.4 Å². The lowest BCUT2D eigenvalue weighted by molar-refractivity contribution is -0.148. The maximum atomic E-state index is 13.0. The van der Waals surface area contributed by atoms with Crippen LogP contribution in [0.3, 0.4) is 0 Å². The van der Waals surface area contributed by atoms with Gasteiger partial charge in [0.15, 0.2) is 0 Å². The van der Waals surface area contributed by atoms with Gasteiger partial charge in [0.25, 0.3) is 0 Å². The van der Waals surface area contributed by atoms with E-state index in [9.17, 15) is 14.4 Å². The van der Waals surface area contributed by atoms with Crippen LogP contribution in [0.1, 0.15) is 6.42 Å². The highest BCUT2D eigenvalue weighted by Gasteiger charge is 2.67. The molecule has 6 atom stereocenters. The van der Waals surface area contributed by atoms with E-state index >= 15 is 0 Å². The molecule has 150 valence electrons. The number of amides is 2. The molecule has 7 rings (SSSR count). The molecule has 30 heavy (non-hydrogen) atoms. The van der Waals surface area contributed by atoms with Gasteiger partial charge in [-0.2, -0.15) is 0 Å². The lowest BCUT2D eigenvalue weighted by atomic mass is 9.63.